The number of carbonyl (C=O) groups is 1. The summed E-state index contributed by atoms with van der Waals surface area (Å²) in [6.45, 7) is 4.33. The highest BCUT2D eigenvalue weighted by Crippen LogP contribution is 2.38. The highest BCUT2D eigenvalue weighted by molar-refractivity contribution is 7.45. The first-order valence-corrected chi connectivity index (χ1v) is 26.5. The van der Waals surface area contributed by atoms with Gasteiger partial charge < -0.3 is 28.8 Å². The van der Waals surface area contributed by atoms with Gasteiger partial charge in [-0.2, -0.15) is 0 Å². The Morgan fingerprint density at radius 3 is 1.37 bits per heavy atom. The van der Waals surface area contributed by atoms with Gasteiger partial charge in [0.05, 0.1) is 39.9 Å². The molecule has 65 heavy (non-hydrogen) atoms. The number of aliphatic hydroxyl groups is 1. The zero-order valence-corrected chi connectivity index (χ0v) is 42.5. The lowest BCUT2D eigenvalue weighted by Gasteiger charge is -2.29. The van der Waals surface area contributed by atoms with Crippen molar-refractivity contribution in [3.8, 4) is 0 Å². The van der Waals surface area contributed by atoms with Crippen LogP contribution < -0.4 is 10.2 Å². The highest BCUT2D eigenvalue weighted by atomic mass is 31.2. The van der Waals surface area contributed by atoms with Gasteiger partial charge in [-0.15, -0.1) is 0 Å². The van der Waals surface area contributed by atoms with E-state index in [1.807, 2.05) is 27.2 Å². The number of likely N-dealkylation sites (N-methyl/N-ethyl adjacent to an activating group) is 1. The number of phosphoric ester groups is 1. The van der Waals surface area contributed by atoms with E-state index in [1.165, 1.54) is 25.7 Å². The van der Waals surface area contributed by atoms with Crippen molar-refractivity contribution in [3.05, 3.63) is 134 Å². The Bertz CT molecular complexity index is 1510. The number of aliphatic hydroxyl groups excluding tert-OH is 1. The lowest BCUT2D eigenvalue weighted by molar-refractivity contribution is -0.870. The minimum absolute atomic E-state index is 0.0186. The van der Waals surface area contributed by atoms with Gasteiger partial charge in [0.25, 0.3) is 7.82 Å². The van der Waals surface area contributed by atoms with E-state index in [9.17, 15) is 19.4 Å². The summed E-state index contributed by atoms with van der Waals surface area (Å²) in [5.41, 5.74) is 0. The first-order valence-electron chi connectivity index (χ1n) is 25.0. The van der Waals surface area contributed by atoms with E-state index in [0.29, 0.717) is 17.4 Å². The maximum Gasteiger partial charge on any atom is 0.268 e. The zero-order valence-electron chi connectivity index (χ0n) is 41.6. The molecule has 9 heteroatoms. The number of nitrogens with one attached hydrogen (secondary N) is 1. The molecule has 0 aliphatic carbocycles. The Hall–Kier alpha value is -3.36. The van der Waals surface area contributed by atoms with E-state index in [-0.39, 0.29) is 12.5 Å². The van der Waals surface area contributed by atoms with Crippen LogP contribution in [0.15, 0.2) is 134 Å². The Morgan fingerprint density at radius 1 is 0.538 bits per heavy atom. The van der Waals surface area contributed by atoms with Crippen LogP contribution in [0, 0.1) is 0 Å². The fourth-order valence-electron chi connectivity index (χ4n) is 6.20. The number of phosphoric acid groups is 1. The minimum Gasteiger partial charge on any atom is -0.756 e. The molecule has 3 unspecified atom stereocenters. The second-order valence-corrected chi connectivity index (χ2v) is 18.8. The molecule has 0 rings (SSSR count). The average molecular weight is 921 g/mol. The van der Waals surface area contributed by atoms with Gasteiger partial charge in [0.1, 0.15) is 13.2 Å². The third-order valence-electron chi connectivity index (χ3n) is 10.1. The monoisotopic (exact) mass is 921 g/mol. The van der Waals surface area contributed by atoms with Crippen molar-refractivity contribution in [1.82, 2.24) is 5.32 Å². The van der Waals surface area contributed by atoms with Crippen LogP contribution >= 0.6 is 7.82 Å². The van der Waals surface area contributed by atoms with Crippen LogP contribution in [0.1, 0.15) is 162 Å². The van der Waals surface area contributed by atoms with Gasteiger partial charge in [-0.05, 0) is 103 Å². The predicted octanol–water partition coefficient (Wildman–Crippen LogP) is 14.2. The van der Waals surface area contributed by atoms with Crippen LogP contribution in [0.4, 0.5) is 0 Å². The Morgan fingerprint density at radius 2 is 0.908 bits per heavy atom. The number of allylic oxidation sites excluding steroid dienone is 21. The summed E-state index contributed by atoms with van der Waals surface area (Å²) in [7, 11) is 1.20. The van der Waals surface area contributed by atoms with E-state index in [0.717, 1.165) is 116 Å². The molecule has 1 amide bonds. The lowest BCUT2D eigenvalue weighted by Crippen LogP contribution is -2.45. The van der Waals surface area contributed by atoms with Crippen molar-refractivity contribution in [2.24, 2.45) is 0 Å². The third-order valence-corrected chi connectivity index (χ3v) is 11.0. The van der Waals surface area contributed by atoms with E-state index >= 15 is 0 Å². The second kappa shape index (κ2) is 45.8. The summed E-state index contributed by atoms with van der Waals surface area (Å²) >= 11 is 0. The van der Waals surface area contributed by atoms with Crippen LogP contribution in [0.2, 0.25) is 0 Å². The topological polar surface area (TPSA) is 108 Å². The highest BCUT2D eigenvalue weighted by Gasteiger charge is 2.23. The molecule has 8 nitrogen and oxygen atoms in total. The smallest absolute Gasteiger partial charge is 0.268 e. The minimum atomic E-state index is -4.61. The van der Waals surface area contributed by atoms with Gasteiger partial charge in [0, 0.05) is 6.42 Å². The van der Waals surface area contributed by atoms with Crippen molar-refractivity contribution < 1.29 is 32.9 Å². The predicted molar refractivity (Wildman–Crippen MR) is 278 cm³/mol. The average Bonchev–Trinajstić information content (AvgIpc) is 3.26. The molecule has 0 spiro atoms. The summed E-state index contributed by atoms with van der Waals surface area (Å²) in [6.07, 6.45) is 69.6. The second-order valence-electron chi connectivity index (χ2n) is 17.4. The molecule has 0 saturated heterocycles. The molecule has 0 radical (unpaired) electrons. The molecule has 0 heterocycles. The first-order chi connectivity index (χ1) is 31.5. The molecule has 2 N–H and O–H groups in total. The number of unbranched alkanes of at least 4 members (excludes halogenated alkanes) is 10. The van der Waals surface area contributed by atoms with Gasteiger partial charge in [-0.25, -0.2) is 0 Å². The number of amides is 1. The van der Waals surface area contributed by atoms with Gasteiger partial charge in [-0.3, -0.25) is 9.36 Å². The normalized spacial score (nSPS) is 15.2. The van der Waals surface area contributed by atoms with E-state index in [4.69, 9.17) is 9.05 Å². The van der Waals surface area contributed by atoms with Crippen molar-refractivity contribution in [1.29, 1.82) is 0 Å². The molecular formula is C56H93N2O6P. The molecule has 0 aromatic carbocycles. The van der Waals surface area contributed by atoms with Crippen LogP contribution in [0.5, 0.6) is 0 Å². The number of quaternary nitrogens is 1. The number of hydrogen-bond donors (Lipinski definition) is 2. The fourth-order valence-corrected chi connectivity index (χ4v) is 6.93. The molecule has 0 fully saturated rings. The van der Waals surface area contributed by atoms with E-state index in [1.54, 1.807) is 6.08 Å². The van der Waals surface area contributed by atoms with Crippen molar-refractivity contribution in [3.63, 3.8) is 0 Å². The van der Waals surface area contributed by atoms with Crippen molar-refractivity contribution >= 4 is 13.7 Å². The molecule has 0 aliphatic rings. The summed E-state index contributed by atoms with van der Waals surface area (Å²) in [5.74, 6) is -0.230. The summed E-state index contributed by atoms with van der Waals surface area (Å²) in [5, 5.41) is 13.7. The van der Waals surface area contributed by atoms with Crippen LogP contribution in [0.25, 0.3) is 0 Å². The van der Waals surface area contributed by atoms with Gasteiger partial charge >= 0.3 is 0 Å². The van der Waals surface area contributed by atoms with E-state index in [2.05, 4.69) is 141 Å². The first kappa shape index (κ1) is 61.6. The molecule has 0 aromatic heterocycles. The van der Waals surface area contributed by atoms with Crippen LogP contribution in [-0.2, 0) is 18.4 Å². The molecule has 368 valence electrons. The SMILES string of the molecule is CC/C=C\C/C=C\C/C=C\C/C=C\C/C=C\C/C=C\C/C=C\C/C=C\CCCCCCCCCCC(=O)NC(COP(=O)([O-])OCC[N+](C)(C)C)C(O)/C=C/CC/C=C/CC/C=C/CC. The molecule has 3 atom stereocenters. The van der Waals surface area contributed by atoms with Crippen LogP contribution in [-0.4, -0.2) is 68.5 Å². The largest absolute Gasteiger partial charge is 0.756 e. The molecular weight excluding hydrogens is 828 g/mol. The number of rotatable bonds is 43. The van der Waals surface area contributed by atoms with Crippen LogP contribution in [0.3, 0.4) is 0 Å². The number of carbonyl (C=O) groups excluding carboxylic acids is 1. The summed E-state index contributed by atoms with van der Waals surface area (Å²) < 4.78 is 23.1. The van der Waals surface area contributed by atoms with Gasteiger partial charge in [-0.1, -0.05) is 186 Å². The van der Waals surface area contributed by atoms with Crippen molar-refractivity contribution in [2.75, 3.05) is 40.9 Å². The third kappa shape index (κ3) is 48.4. The van der Waals surface area contributed by atoms with Gasteiger partial charge in [0.2, 0.25) is 5.91 Å². The zero-order chi connectivity index (χ0) is 47.8. The van der Waals surface area contributed by atoms with Crippen molar-refractivity contribution in [2.45, 2.75) is 174 Å². The molecule has 0 aliphatic heterocycles. The maximum atomic E-state index is 12.9. The lowest BCUT2D eigenvalue weighted by atomic mass is 10.1. The van der Waals surface area contributed by atoms with Gasteiger partial charge in [0.15, 0.2) is 0 Å². The number of nitrogens with zero attached hydrogens (tertiary/aromatic N) is 1. The molecule has 0 bridgehead atoms. The summed E-state index contributed by atoms with van der Waals surface area (Å²) in [6, 6.07) is -0.922. The number of hydrogen-bond acceptors (Lipinski definition) is 6. The fraction of sp³-hybridized carbons (Fsp3) is 0.589. The summed E-state index contributed by atoms with van der Waals surface area (Å²) in [4.78, 5) is 25.3. The molecule has 0 aromatic rings. The Balaban J connectivity index is 4.20. The maximum absolute atomic E-state index is 12.9. The Kier molecular flexibility index (Phi) is 43.4. The standard InChI is InChI=1S/C56H93N2O6P/c1-6-8-10-12-14-16-18-19-20-21-22-23-24-25-26-27-28-29-30-31-32-33-34-35-36-37-38-39-40-42-44-46-48-50-56(60)57-54(53-64-65(61,62)63-52-51-58(3,4)5)55(59)49-47-45-43-41-17-15-13-11-9-7-2/h8-11,14,16-17,19-20,22-23,25-26,28-29,31-32,34-35,41,47,49,54-55,59H,6-7,12-13,15,18,21,24,27,30,33,36-40,42-46,48,50-53H2,1-5H3,(H-,57,60,61,62)/b10-8-,11-9+,16-14-,20-19-,23-22-,26-25-,29-28-,32-31-,35-34-,41-17+,49-47+. The van der Waals surface area contributed by atoms with E-state index < -0.39 is 26.6 Å². The quantitative estimate of drug-likeness (QED) is 0.0273. The Labute approximate surface area is 398 Å². The molecule has 0 saturated carbocycles.